The highest BCUT2D eigenvalue weighted by molar-refractivity contribution is 5.92. The van der Waals surface area contributed by atoms with Crippen molar-refractivity contribution in [3.8, 4) is 0 Å². The van der Waals surface area contributed by atoms with E-state index in [9.17, 15) is 29.9 Å². The Balaban J connectivity index is 2.29. The minimum Gasteiger partial charge on any atom is -0.530 e. The van der Waals surface area contributed by atoms with Gasteiger partial charge in [0.2, 0.25) is 5.82 Å². The van der Waals surface area contributed by atoms with Gasteiger partial charge in [-0.15, -0.1) is 0 Å². The number of hydrogen-bond acceptors (Lipinski definition) is 8. The summed E-state index contributed by atoms with van der Waals surface area (Å²) in [6, 6.07) is 18.8. The van der Waals surface area contributed by atoms with Crippen molar-refractivity contribution in [2.75, 3.05) is 28.2 Å². The van der Waals surface area contributed by atoms with E-state index >= 15 is 0 Å². The lowest BCUT2D eigenvalue weighted by Crippen LogP contribution is -2.44. The topological polar surface area (TPSA) is 155 Å². The molecular weight excluding hydrogens is 454 g/mol. The number of nitro groups is 1. The van der Waals surface area contributed by atoms with Gasteiger partial charge in [0.1, 0.15) is 23.7 Å². The second-order valence-electron chi connectivity index (χ2n) is 7.38. The van der Waals surface area contributed by atoms with E-state index < -0.39 is 34.7 Å². The molecule has 1 N–H and O–H groups in total. The SMILES string of the molecule is CCN(C(=O)[O-])c1cc(NC(c2ccccc2)c2ccccc2)c([N+](=O)[O-])c(N(CC)C(=O)[O-])n1. The lowest BCUT2D eigenvalue weighted by atomic mass is 9.98. The first kappa shape index (κ1) is 25.0. The molecule has 0 unspecified atom stereocenters. The Morgan fingerprint density at radius 2 is 1.40 bits per heavy atom. The van der Waals surface area contributed by atoms with Crippen molar-refractivity contribution in [2.45, 2.75) is 19.9 Å². The number of carbonyl (C=O) groups is 2. The highest BCUT2D eigenvalue weighted by Crippen LogP contribution is 2.40. The predicted molar refractivity (Wildman–Crippen MR) is 126 cm³/mol. The zero-order valence-electron chi connectivity index (χ0n) is 19.1. The largest absolute Gasteiger partial charge is 0.530 e. The number of carbonyl (C=O) groups excluding carboxylic acids is 2. The zero-order valence-corrected chi connectivity index (χ0v) is 19.1. The van der Waals surface area contributed by atoms with Crippen molar-refractivity contribution in [2.24, 2.45) is 0 Å². The number of aromatic nitrogens is 1. The van der Waals surface area contributed by atoms with Gasteiger partial charge in [0.25, 0.3) is 0 Å². The lowest BCUT2D eigenvalue weighted by Gasteiger charge is -2.28. The van der Waals surface area contributed by atoms with Gasteiger partial charge in [-0.25, -0.2) is 4.98 Å². The van der Waals surface area contributed by atoms with Crippen molar-refractivity contribution >= 4 is 35.2 Å². The quantitative estimate of drug-likeness (QED) is 0.364. The molecule has 0 radical (unpaired) electrons. The zero-order chi connectivity index (χ0) is 25.5. The van der Waals surface area contributed by atoms with Crippen molar-refractivity contribution < 1.29 is 24.7 Å². The summed E-state index contributed by atoms with van der Waals surface area (Å²) in [5.41, 5.74) is 0.790. The Labute approximate surface area is 201 Å². The molecule has 11 heteroatoms. The maximum absolute atomic E-state index is 12.2. The van der Waals surface area contributed by atoms with Crippen LogP contribution in [0.15, 0.2) is 66.7 Å². The van der Waals surface area contributed by atoms with Crippen molar-refractivity contribution in [1.29, 1.82) is 0 Å². The molecule has 0 saturated heterocycles. The van der Waals surface area contributed by atoms with Gasteiger partial charge in [0.15, 0.2) is 0 Å². The van der Waals surface area contributed by atoms with Gasteiger partial charge in [0.05, 0.1) is 11.0 Å². The Bertz CT molecular complexity index is 1170. The van der Waals surface area contributed by atoms with Crippen LogP contribution in [0.3, 0.4) is 0 Å². The number of rotatable bonds is 9. The van der Waals surface area contributed by atoms with Crippen LogP contribution < -0.4 is 25.3 Å². The maximum Gasteiger partial charge on any atom is 0.334 e. The first-order chi connectivity index (χ1) is 16.8. The Morgan fingerprint density at radius 3 is 1.80 bits per heavy atom. The van der Waals surface area contributed by atoms with Crippen LogP contribution in [0.4, 0.5) is 32.6 Å². The molecule has 1 aromatic heterocycles. The van der Waals surface area contributed by atoms with E-state index in [-0.39, 0.29) is 24.6 Å². The number of hydrogen-bond donors (Lipinski definition) is 1. The van der Waals surface area contributed by atoms with E-state index in [1.165, 1.54) is 19.9 Å². The van der Waals surface area contributed by atoms with Crippen LogP contribution in [0, 0.1) is 10.1 Å². The fourth-order valence-corrected chi connectivity index (χ4v) is 3.68. The first-order valence-corrected chi connectivity index (χ1v) is 10.8. The highest BCUT2D eigenvalue weighted by Gasteiger charge is 2.30. The Kier molecular flexibility index (Phi) is 7.82. The van der Waals surface area contributed by atoms with Crippen LogP contribution in [0.25, 0.3) is 0 Å². The minimum atomic E-state index is -1.72. The van der Waals surface area contributed by atoms with Crippen LogP contribution in [0.2, 0.25) is 0 Å². The predicted octanol–water partition coefficient (Wildman–Crippen LogP) is 2.53. The molecule has 0 aliphatic carbocycles. The molecule has 3 rings (SSSR count). The summed E-state index contributed by atoms with van der Waals surface area (Å²) >= 11 is 0. The third-order valence-corrected chi connectivity index (χ3v) is 5.31. The first-order valence-electron chi connectivity index (χ1n) is 10.8. The van der Waals surface area contributed by atoms with Crippen LogP contribution >= 0.6 is 0 Å². The number of amides is 2. The molecule has 2 amide bonds. The van der Waals surface area contributed by atoms with Crippen molar-refractivity contribution in [3.05, 3.63) is 88.0 Å². The van der Waals surface area contributed by atoms with E-state index in [1.807, 2.05) is 60.7 Å². The van der Waals surface area contributed by atoms with E-state index in [1.54, 1.807) is 0 Å². The minimum absolute atomic E-state index is 0.0791. The summed E-state index contributed by atoms with van der Waals surface area (Å²) in [5, 5.41) is 38.7. The van der Waals surface area contributed by atoms with E-state index in [0.29, 0.717) is 4.90 Å². The van der Waals surface area contributed by atoms with Crippen LogP contribution in [0.5, 0.6) is 0 Å². The average molecular weight is 477 g/mol. The molecule has 0 bridgehead atoms. The summed E-state index contributed by atoms with van der Waals surface area (Å²) in [6.45, 7) is 2.69. The molecule has 0 saturated carbocycles. The van der Waals surface area contributed by atoms with Crippen LogP contribution in [-0.2, 0) is 0 Å². The summed E-state index contributed by atoms with van der Waals surface area (Å²) in [6.07, 6.45) is -3.31. The van der Waals surface area contributed by atoms with E-state index in [2.05, 4.69) is 10.3 Å². The summed E-state index contributed by atoms with van der Waals surface area (Å²) in [4.78, 5) is 40.2. The number of nitrogens with zero attached hydrogens (tertiary/aromatic N) is 4. The normalized spacial score (nSPS) is 10.6. The van der Waals surface area contributed by atoms with Crippen molar-refractivity contribution in [1.82, 2.24) is 4.98 Å². The van der Waals surface area contributed by atoms with E-state index in [0.717, 1.165) is 16.0 Å². The molecule has 0 aliphatic heterocycles. The molecule has 3 aromatic rings. The molecule has 1 heterocycles. The molecular formula is C24H23N5O6-2. The molecule has 35 heavy (non-hydrogen) atoms. The molecule has 0 spiro atoms. The van der Waals surface area contributed by atoms with Gasteiger partial charge in [-0.1, -0.05) is 60.7 Å². The maximum atomic E-state index is 12.2. The van der Waals surface area contributed by atoms with Gasteiger partial charge >= 0.3 is 5.69 Å². The van der Waals surface area contributed by atoms with Gasteiger partial charge in [-0.2, -0.15) is 0 Å². The summed E-state index contributed by atoms with van der Waals surface area (Å²) in [7, 11) is 0. The number of carboxylic acid groups (broad SMARTS) is 2. The molecule has 11 nitrogen and oxygen atoms in total. The number of pyridine rings is 1. The molecule has 0 atom stereocenters. The second kappa shape index (κ2) is 11.0. The number of benzene rings is 2. The fourth-order valence-electron chi connectivity index (χ4n) is 3.68. The van der Waals surface area contributed by atoms with Gasteiger partial charge < -0.3 is 34.9 Å². The van der Waals surface area contributed by atoms with Crippen molar-refractivity contribution in [3.63, 3.8) is 0 Å². The van der Waals surface area contributed by atoms with Gasteiger partial charge in [-0.3, -0.25) is 10.1 Å². The molecule has 0 aliphatic rings. The summed E-state index contributed by atoms with van der Waals surface area (Å²) in [5.74, 6) is -0.785. The highest BCUT2D eigenvalue weighted by atomic mass is 16.6. The lowest BCUT2D eigenvalue weighted by molar-refractivity contribution is -0.383. The Morgan fingerprint density at radius 1 is 0.914 bits per heavy atom. The third kappa shape index (κ3) is 5.46. The fraction of sp³-hybridized carbons (Fsp3) is 0.208. The summed E-state index contributed by atoms with van der Waals surface area (Å²) < 4.78 is 0. The number of nitrogens with one attached hydrogen (secondary N) is 1. The molecule has 2 aromatic carbocycles. The standard InChI is InChI=1S/C24H25N5O6/c1-3-27(23(30)31)19-15-18(21(29(34)35)22(26-19)28(4-2)24(32)33)25-20(16-11-7-5-8-12-16)17-13-9-6-10-14-17/h5-15,20H,3-4H2,1-2H3,(H,25,26)(H,30,31)(H,32,33)/p-2. The molecule has 182 valence electrons. The van der Waals surface area contributed by atoms with Gasteiger partial charge in [-0.05, 0) is 25.0 Å². The van der Waals surface area contributed by atoms with Crippen LogP contribution in [-0.4, -0.2) is 35.2 Å². The smallest absolute Gasteiger partial charge is 0.334 e. The molecule has 0 fully saturated rings. The number of anilines is 3. The van der Waals surface area contributed by atoms with E-state index in [4.69, 9.17) is 0 Å². The third-order valence-electron chi connectivity index (χ3n) is 5.31. The van der Waals surface area contributed by atoms with Gasteiger partial charge in [0, 0.05) is 19.2 Å². The van der Waals surface area contributed by atoms with Crippen LogP contribution in [0.1, 0.15) is 31.0 Å². The average Bonchev–Trinajstić information content (AvgIpc) is 2.83. The second-order valence-corrected chi connectivity index (χ2v) is 7.38. The Hall–Kier alpha value is -4.67. The monoisotopic (exact) mass is 477 g/mol.